The van der Waals surface area contributed by atoms with E-state index in [1.807, 2.05) is 6.34 Å². The number of rotatable bonds is 0. The third-order valence-electron chi connectivity index (χ3n) is 4.10. The molecular weight excluding hydrogens is 234 g/mol. The molecule has 1 aromatic rings. The molecule has 0 radical (unpaired) electrons. The van der Waals surface area contributed by atoms with Crippen LogP contribution in [0, 0.1) is 0 Å². The number of aliphatic imine (C=N–C) groups is 2. The lowest BCUT2D eigenvalue weighted by atomic mass is 10.0. The summed E-state index contributed by atoms with van der Waals surface area (Å²) in [7, 11) is 0. The van der Waals surface area contributed by atoms with Crippen LogP contribution in [0.3, 0.4) is 0 Å². The van der Waals surface area contributed by atoms with Gasteiger partial charge in [-0.1, -0.05) is 24.3 Å². The van der Waals surface area contributed by atoms with Gasteiger partial charge in [-0.3, -0.25) is 4.99 Å². The minimum atomic E-state index is 0.381. The maximum Gasteiger partial charge on any atom is 0.134 e. The third kappa shape index (κ3) is 1.65. The van der Waals surface area contributed by atoms with Gasteiger partial charge < -0.3 is 4.90 Å². The summed E-state index contributed by atoms with van der Waals surface area (Å²) in [6, 6.07) is 9.04. The number of nitrogens with zero attached hydrogens (tertiary/aromatic N) is 3. The average molecular weight is 251 g/mol. The molecule has 0 bridgehead atoms. The van der Waals surface area contributed by atoms with Gasteiger partial charge in [0.2, 0.25) is 0 Å². The van der Waals surface area contributed by atoms with Crippen molar-refractivity contribution >= 4 is 17.9 Å². The second-order valence-electron chi connectivity index (χ2n) is 5.54. The normalized spacial score (nSPS) is 24.6. The van der Waals surface area contributed by atoms with Crippen LogP contribution in [0.1, 0.15) is 30.9 Å². The second-order valence-corrected chi connectivity index (χ2v) is 5.54. The van der Waals surface area contributed by atoms with Gasteiger partial charge in [0.25, 0.3) is 0 Å². The minimum Gasteiger partial charge on any atom is -0.315 e. The molecule has 0 spiro atoms. The van der Waals surface area contributed by atoms with Crippen molar-refractivity contribution in [2.75, 3.05) is 6.54 Å². The zero-order valence-corrected chi connectivity index (χ0v) is 11.1. The molecule has 3 aliphatic rings. The Labute approximate surface area is 113 Å². The van der Waals surface area contributed by atoms with Crippen LogP contribution in [0.15, 0.2) is 39.8 Å². The first-order chi connectivity index (χ1) is 9.33. The van der Waals surface area contributed by atoms with Crippen LogP contribution in [0.2, 0.25) is 0 Å². The maximum atomic E-state index is 4.80. The van der Waals surface area contributed by atoms with Gasteiger partial charge in [-0.25, -0.2) is 4.99 Å². The predicted molar refractivity (Wildman–Crippen MR) is 78.4 cm³/mol. The first kappa shape index (κ1) is 11.0. The van der Waals surface area contributed by atoms with Gasteiger partial charge in [-0.15, -0.1) is 0 Å². The zero-order valence-electron chi connectivity index (χ0n) is 11.1. The van der Waals surface area contributed by atoms with E-state index >= 15 is 0 Å². The van der Waals surface area contributed by atoms with Crippen LogP contribution in [0.25, 0.3) is 5.70 Å². The van der Waals surface area contributed by atoms with Crippen molar-refractivity contribution in [1.82, 2.24) is 4.90 Å². The second kappa shape index (κ2) is 4.05. The zero-order chi connectivity index (χ0) is 12.8. The Morgan fingerprint density at radius 3 is 3.05 bits per heavy atom. The topological polar surface area (TPSA) is 28.0 Å². The Bertz CT molecular complexity index is 625. The van der Waals surface area contributed by atoms with E-state index in [4.69, 9.17) is 9.98 Å². The van der Waals surface area contributed by atoms with Crippen molar-refractivity contribution in [3.05, 3.63) is 41.0 Å². The molecule has 19 heavy (non-hydrogen) atoms. The van der Waals surface area contributed by atoms with Crippen molar-refractivity contribution < 1.29 is 0 Å². The van der Waals surface area contributed by atoms with Crippen molar-refractivity contribution in [2.24, 2.45) is 9.98 Å². The SMILES string of the molecule is CC1CN2C=NC3=C(CCCc4ccccc43)C2=N1. The van der Waals surface area contributed by atoms with E-state index in [1.165, 1.54) is 23.1 Å². The van der Waals surface area contributed by atoms with Gasteiger partial charge in [0.15, 0.2) is 0 Å². The highest BCUT2D eigenvalue weighted by Crippen LogP contribution is 2.35. The van der Waals surface area contributed by atoms with Gasteiger partial charge in [0.1, 0.15) is 5.84 Å². The Morgan fingerprint density at radius 2 is 2.11 bits per heavy atom. The Hall–Kier alpha value is -1.90. The Balaban J connectivity index is 1.91. The molecule has 2 aliphatic heterocycles. The fourth-order valence-corrected chi connectivity index (χ4v) is 3.25. The molecule has 1 aliphatic carbocycles. The standard InChI is InChI=1S/C16H17N3/c1-11-9-19-10-17-15-13-7-3-2-5-12(13)6-4-8-14(15)16(19)18-11/h2-3,5,7,10-11H,4,6,8-9H2,1H3. The summed E-state index contributed by atoms with van der Waals surface area (Å²) < 4.78 is 0. The maximum absolute atomic E-state index is 4.80. The summed E-state index contributed by atoms with van der Waals surface area (Å²) in [4.78, 5) is 11.7. The molecule has 0 amide bonds. The summed E-state index contributed by atoms with van der Waals surface area (Å²) in [5.74, 6) is 1.16. The molecular formula is C16H17N3. The van der Waals surface area contributed by atoms with Crippen LogP contribution in [-0.4, -0.2) is 29.7 Å². The number of fused-ring (bicyclic) bond motifs is 4. The van der Waals surface area contributed by atoms with Crippen molar-refractivity contribution in [2.45, 2.75) is 32.2 Å². The van der Waals surface area contributed by atoms with Crippen molar-refractivity contribution in [3.63, 3.8) is 0 Å². The minimum absolute atomic E-state index is 0.381. The summed E-state index contributed by atoms with van der Waals surface area (Å²) >= 11 is 0. The largest absolute Gasteiger partial charge is 0.315 e. The molecule has 1 aromatic carbocycles. The Morgan fingerprint density at radius 1 is 1.21 bits per heavy atom. The van der Waals surface area contributed by atoms with Gasteiger partial charge in [0.05, 0.1) is 18.1 Å². The van der Waals surface area contributed by atoms with Gasteiger partial charge in [-0.05, 0) is 31.7 Å². The van der Waals surface area contributed by atoms with E-state index in [2.05, 4.69) is 36.1 Å². The van der Waals surface area contributed by atoms with Gasteiger partial charge >= 0.3 is 0 Å². The molecule has 2 heterocycles. The molecule has 0 N–H and O–H groups in total. The highest BCUT2D eigenvalue weighted by Gasteiger charge is 2.30. The summed E-state index contributed by atoms with van der Waals surface area (Å²) in [6.07, 6.45) is 5.38. The fourth-order valence-electron chi connectivity index (χ4n) is 3.25. The van der Waals surface area contributed by atoms with E-state index < -0.39 is 0 Å². The first-order valence-electron chi connectivity index (χ1n) is 7.03. The van der Waals surface area contributed by atoms with Gasteiger partial charge in [0, 0.05) is 17.7 Å². The molecule has 1 unspecified atom stereocenters. The number of amidine groups is 1. The van der Waals surface area contributed by atoms with E-state index in [0.717, 1.165) is 30.9 Å². The van der Waals surface area contributed by atoms with Crippen molar-refractivity contribution in [3.8, 4) is 0 Å². The van der Waals surface area contributed by atoms with E-state index in [-0.39, 0.29) is 0 Å². The molecule has 1 atom stereocenters. The monoisotopic (exact) mass is 251 g/mol. The molecule has 0 saturated heterocycles. The summed E-state index contributed by atoms with van der Waals surface area (Å²) in [6.45, 7) is 3.14. The van der Waals surface area contributed by atoms with Crippen LogP contribution >= 0.6 is 0 Å². The molecule has 3 nitrogen and oxygen atoms in total. The fraction of sp³-hybridized carbons (Fsp3) is 0.375. The molecule has 3 heteroatoms. The van der Waals surface area contributed by atoms with E-state index in [0.29, 0.717) is 6.04 Å². The predicted octanol–water partition coefficient (Wildman–Crippen LogP) is 2.88. The number of benzene rings is 1. The highest BCUT2D eigenvalue weighted by atomic mass is 15.3. The van der Waals surface area contributed by atoms with Crippen molar-refractivity contribution in [1.29, 1.82) is 0 Å². The molecule has 0 fully saturated rings. The lowest BCUT2D eigenvalue weighted by Crippen LogP contribution is -2.31. The van der Waals surface area contributed by atoms with Gasteiger partial charge in [-0.2, -0.15) is 0 Å². The van der Waals surface area contributed by atoms with Crippen LogP contribution in [0.5, 0.6) is 0 Å². The number of aryl methyl sites for hydroxylation is 1. The lowest BCUT2D eigenvalue weighted by Gasteiger charge is -2.23. The number of hydrogen-bond acceptors (Lipinski definition) is 3. The van der Waals surface area contributed by atoms with Crippen LogP contribution in [0.4, 0.5) is 0 Å². The highest BCUT2D eigenvalue weighted by molar-refractivity contribution is 6.13. The number of hydrogen-bond donors (Lipinski definition) is 0. The molecule has 4 rings (SSSR count). The molecule has 0 saturated carbocycles. The average Bonchev–Trinajstić information content (AvgIpc) is 2.70. The summed E-state index contributed by atoms with van der Waals surface area (Å²) in [5, 5.41) is 0. The Kier molecular flexibility index (Phi) is 2.34. The van der Waals surface area contributed by atoms with Crippen LogP contribution < -0.4 is 0 Å². The quantitative estimate of drug-likeness (QED) is 0.696. The summed E-state index contributed by atoms with van der Waals surface area (Å²) in [5.41, 5.74) is 5.21. The third-order valence-corrected chi connectivity index (χ3v) is 4.10. The smallest absolute Gasteiger partial charge is 0.134 e. The van der Waals surface area contributed by atoms with E-state index in [9.17, 15) is 0 Å². The first-order valence-corrected chi connectivity index (χ1v) is 7.03. The van der Waals surface area contributed by atoms with E-state index in [1.54, 1.807) is 0 Å². The van der Waals surface area contributed by atoms with Crippen LogP contribution in [-0.2, 0) is 6.42 Å². The molecule has 96 valence electrons. The lowest BCUT2D eigenvalue weighted by molar-refractivity contribution is 0.607. The molecule has 0 aromatic heterocycles.